The van der Waals surface area contributed by atoms with Gasteiger partial charge in [-0.3, -0.25) is 0 Å². The quantitative estimate of drug-likeness (QED) is 0.798. The van der Waals surface area contributed by atoms with E-state index in [1.165, 1.54) is 0 Å². The zero-order chi connectivity index (χ0) is 10.9. The third-order valence-electron chi connectivity index (χ3n) is 3.04. The molecule has 0 aromatic heterocycles. The number of rotatable bonds is 2. The van der Waals surface area contributed by atoms with E-state index in [2.05, 4.69) is 0 Å². The van der Waals surface area contributed by atoms with E-state index >= 15 is 0 Å². The molecule has 0 bridgehead atoms. The van der Waals surface area contributed by atoms with Gasteiger partial charge in [0, 0.05) is 12.8 Å². The second-order valence-corrected chi connectivity index (χ2v) is 4.20. The van der Waals surface area contributed by atoms with Crippen LogP contribution in [-0.4, -0.2) is 11.0 Å². The van der Waals surface area contributed by atoms with Gasteiger partial charge in [0.15, 0.2) is 0 Å². The van der Waals surface area contributed by atoms with Gasteiger partial charge in [-0.05, 0) is 23.5 Å². The number of halogens is 2. The summed E-state index contributed by atoms with van der Waals surface area (Å²) in [5, 5.41) is 8.86. The van der Waals surface area contributed by atoms with Gasteiger partial charge in [0.05, 0.1) is 6.61 Å². The normalized spacial score (nSPS) is 24.3. The minimum atomic E-state index is -2.49. The van der Waals surface area contributed by atoms with Crippen molar-refractivity contribution in [3.8, 4) is 0 Å². The van der Waals surface area contributed by atoms with Crippen LogP contribution in [0.3, 0.4) is 0 Å². The molecule has 2 rings (SSSR count). The van der Waals surface area contributed by atoms with E-state index in [-0.39, 0.29) is 25.4 Å². The molecule has 1 saturated carbocycles. The Morgan fingerprint density at radius 3 is 2.40 bits per heavy atom. The van der Waals surface area contributed by atoms with Crippen molar-refractivity contribution in [3.63, 3.8) is 0 Å². The van der Waals surface area contributed by atoms with E-state index in [9.17, 15) is 8.78 Å². The molecular weight excluding hydrogens is 198 g/mol. The fourth-order valence-electron chi connectivity index (χ4n) is 2.13. The fraction of sp³-hybridized carbons (Fsp3) is 0.500. The van der Waals surface area contributed by atoms with Crippen molar-refractivity contribution in [2.45, 2.75) is 37.7 Å². The van der Waals surface area contributed by atoms with Crippen molar-refractivity contribution in [2.75, 3.05) is 0 Å². The average Bonchev–Trinajstić information content (AvgIpc) is 2.59. The molecule has 0 radical (unpaired) electrons. The van der Waals surface area contributed by atoms with Crippen LogP contribution in [0.4, 0.5) is 8.78 Å². The summed E-state index contributed by atoms with van der Waals surface area (Å²) in [6.45, 7) is 0.00110. The molecule has 1 nitrogen and oxygen atoms in total. The monoisotopic (exact) mass is 212 g/mol. The van der Waals surface area contributed by atoms with Gasteiger partial charge >= 0.3 is 0 Å². The second kappa shape index (κ2) is 3.89. The zero-order valence-corrected chi connectivity index (χ0v) is 8.42. The van der Waals surface area contributed by atoms with E-state index in [1.807, 2.05) is 12.1 Å². The van der Waals surface area contributed by atoms with Crippen molar-refractivity contribution >= 4 is 0 Å². The number of aliphatic hydroxyl groups excluding tert-OH is 1. The third-order valence-corrected chi connectivity index (χ3v) is 3.04. The predicted octanol–water partition coefficient (Wildman–Crippen LogP) is 3.08. The summed E-state index contributed by atoms with van der Waals surface area (Å²) < 4.78 is 26.0. The van der Waals surface area contributed by atoms with Crippen LogP contribution >= 0.6 is 0 Å². The molecule has 1 aromatic carbocycles. The summed E-state index contributed by atoms with van der Waals surface area (Å²) in [5.74, 6) is -2.51. The standard InChI is InChI=1S/C12H14F2O/c13-12(14)6-5-11(7-12)10-3-1-9(8-15)2-4-10/h1-4,11,15H,5-8H2. The smallest absolute Gasteiger partial charge is 0.248 e. The average molecular weight is 212 g/mol. The molecule has 1 unspecified atom stereocenters. The minimum absolute atomic E-state index is 0.000577. The molecule has 0 amide bonds. The highest BCUT2D eigenvalue weighted by Gasteiger charge is 2.39. The first-order valence-electron chi connectivity index (χ1n) is 5.18. The number of hydrogen-bond donors (Lipinski definition) is 1. The SMILES string of the molecule is OCc1ccc(C2CCC(F)(F)C2)cc1. The molecule has 1 aliphatic rings. The van der Waals surface area contributed by atoms with E-state index in [0.29, 0.717) is 6.42 Å². The van der Waals surface area contributed by atoms with Crippen LogP contribution < -0.4 is 0 Å². The molecule has 1 fully saturated rings. The van der Waals surface area contributed by atoms with E-state index < -0.39 is 5.92 Å². The molecule has 1 aromatic rings. The van der Waals surface area contributed by atoms with E-state index in [1.54, 1.807) is 12.1 Å². The van der Waals surface area contributed by atoms with Gasteiger partial charge < -0.3 is 5.11 Å². The molecule has 3 heteroatoms. The van der Waals surface area contributed by atoms with Crippen molar-refractivity contribution in [2.24, 2.45) is 0 Å². The minimum Gasteiger partial charge on any atom is -0.392 e. The first kappa shape index (κ1) is 10.6. The maximum Gasteiger partial charge on any atom is 0.248 e. The largest absolute Gasteiger partial charge is 0.392 e. The van der Waals surface area contributed by atoms with Gasteiger partial charge in [-0.2, -0.15) is 0 Å². The molecule has 1 aliphatic carbocycles. The molecule has 0 spiro atoms. The maximum atomic E-state index is 13.0. The first-order valence-corrected chi connectivity index (χ1v) is 5.18. The number of aliphatic hydroxyl groups is 1. The molecule has 15 heavy (non-hydrogen) atoms. The Morgan fingerprint density at radius 2 is 1.93 bits per heavy atom. The molecule has 0 saturated heterocycles. The van der Waals surface area contributed by atoms with E-state index in [0.717, 1.165) is 11.1 Å². The molecule has 82 valence electrons. The molecule has 0 aliphatic heterocycles. The lowest BCUT2D eigenvalue weighted by atomic mass is 9.96. The lowest BCUT2D eigenvalue weighted by molar-refractivity contribution is 0.00777. The van der Waals surface area contributed by atoms with Crippen molar-refractivity contribution in [1.82, 2.24) is 0 Å². The second-order valence-electron chi connectivity index (χ2n) is 4.20. The highest BCUT2D eigenvalue weighted by atomic mass is 19.3. The Morgan fingerprint density at radius 1 is 1.27 bits per heavy atom. The van der Waals surface area contributed by atoms with Crippen LogP contribution in [0.2, 0.25) is 0 Å². The maximum absolute atomic E-state index is 13.0. The van der Waals surface area contributed by atoms with Gasteiger partial charge in [-0.15, -0.1) is 0 Å². The first-order chi connectivity index (χ1) is 7.11. The van der Waals surface area contributed by atoms with Gasteiger partial charge in [-0.1, -0.05) is 24.3 Å². The summed E-state index contributed by atoms with van der Waals surface area (Å²) in [4.78, 5) is 0. The van der Waals surface area contributed by atoms with Gasteiger partial charge in [0.25, 0.3) is 0 Å². The lowest BCUT2D eigenvalue weighted by Gasteiger charge is -2.11. The lowest BCUT2D eigenvalue weighted by Crippen LogP contribution is -2.09. The third kappa shape index (κ3) is 2.34. The van der Waals surface area contributed by atoms with Crippen LogP contribution in [0.5, 0.6) is 0 Å². The Labute approximate surface area is 87.7 Å². The highest BCUT2D eigenvalue weighted by Crippen LogP contribution is 2.44. The Hall–Kier alpha value is -0.960. The zero-order valence-electron chi connectivity index (χ0n) is 8.42. The van der Waals surface area contributed by atoms with E-state index in [4.69, 9.17) is 5.11 Å². The Bertz CT molecular complexity index is 332. The van der Waals surface area contributed by atoms with Crippen LogP contribution in [0.1, 0.15) is 36.3 Å². The van der Waals surface area contributed by atoms with Gasteiger partial charge in [0.1, 0.15) is 0 Å². The molecule has 1 N–H and O–H groups in total. The van der Waals surface area contributed by atoms with Crippen LogP contribution in [-0.2, 0) is 6.61 Å². The number of hydrogen-bond acceptors (Lipinski definition) is 1. The topological polar surface area (TPSA) is 20.2 Å². The summed E-state index contributed by atoms with van der Waals surface area (Å²) in [7, 11) is 0. The Kier molecular flexibility index (Phi) is 2.74. The molecule has 1 atom stereocenters. The van der Waals surface area contributed by atoms with Gasteiger partial charge in [-0.25, -0.2) is 8.78 Å². The number of alkyl halides is 2. The summed E-state index contributed by atoms with van der Waals surface area (Å²) in [6.07, 6.45) is 0.524. The van der Waals surface area contributed by atoms with Crippen molar-refractivity contribution in [3.05, 3.63) is 35.4 Å². The summed E-state index contributed by atoms with van der Waals surface area (Å²) in [5.41, 5.74) is 1.79. The summed E-state index contributed by atoms with van der Waals surface area (Å²) >= 11 is 0. The van der Waals surface area contributed by atoms with Crippen molar-refractivity contribution < 1.29 is 13.9 Å². The molecular formula is C12H14F2O. The summed E-state index contributed by atoms with van der Waals surface area (Å²) in [6, 6.07) is 7.28. The Balaban J connectivity index is 2.11. The highest BCUT2D eigenvalue weighted by molar-refractivity contribution is 5.26. The van der Waals surface area contributed by atoms with Crippen LogP contribution in [0.25, 0.3) is 0 Å². The molecule has 0 heterocycles. The number of benzene rings is 1. The van der Waals surface area contributed by atoms with Crippen LogP contribution in [0.15, 0.2) is 24.3 Å². The van der Waals surface area contributed by atoms with Crippen LogP contribution in [0, 0.1) is 0 Å². The predicted molar refractivity (Wildman–Crippen MR) is 53.9 cm³/mol. The van der Waals surface area contributed by atoms with Crippen molar-refractivity contribution in [1.29, 1.82) is 0 Å². The van der Waals surface area contributed by atoms with Gasteiger partial charge in [0.2, 0.25) is 5.92 Å². The fourth-order valence-corrected chi connectivity index (χ4v) is 2.13.